The first kappa shape index (κ1) is 23.1. The van der Waals surface area contributed by atoms with Crippen molar-refractivity contribution in [3.05, 3.63) is 58.3 Å². The van der Waals surface area contributed by atoms with Crippen LogP contribution in [-0.2, 0) is 21.0 Å². The number of hydrogen-bond acceptors (Lipinski definition) is 6. The number of benzene rings is 1. The molecule has 2 N–H and O–H groups in total. The predicted molar refractivity (Wildman–Crippen MR) is 118 cm³/mol. The third kappa shape index (κ3) is 5.45. The van der Waals surface area contributed by atoms with Crippen LogP contribution in [0.4, 0.5) is 24.5 Å². The second-order valence-corrected chi connectivity index (χ2v) is 10.5. The molecular weight excluding hydrogens is 479 g/mol. The van der Waals surface area contributed by atoms with E-state index in [0.717, 1.165) is 42.4 Å². The fourth-order valence-corrected chi connectivity index (χ4v) is 5.19. The van der Waals surface area contributed by atoms with Crippen molar-refractivity contribution >= 4 is 50.8 Å². The first-order chi connectivity index (χ1) is 15.5. The molecule has 1 amide bonds. The first-order valence-electron chi connectivity index (χ1n) is 9.78. The monoisotopic (exact) mass is 497 g/mol. The second kappa shape index (κ2) is 8.67. The normalized spacial score (nSPS) is 14.5. The number of hydrogen-bond donors (Lipinski definition) is 2. The molecule has 0 unspecified atom stereocenters. The van der Waals surface area contributed by atoms with Crippen LogP contribution >= 0.6 is 11.3 Å². The van der Waals surface area contributed by atoms with Crippen LogP contribution in [0.25, 0.3) is 12.2 Å². The summed E-state index contributed by atoms with van der Waals surface area (Å²) in [4.78, 5) is 12.6. The Bertz CT molecular complexity index is 1320. The Kier molecular flexibility index (Phi) is 6.06. The number of aromatic nitrogens is 1. The van der Waals surface area contributed by atoms with E-state index in [-0.39, 0.29) is 21.7 Å². The van der Waals surface area contributed by atoms with Crippen molar-refractivity contribution < 1.29 is 30.9 Å². The summed E-state index contributed by atoms with van der Waals surface area (Å²) in [5.41, 5.74) is -0.171. The molecule has 0 saturated heterocycles. The molecule has 1 aliphatic rings. The summed E-state index contributed by atoms with van der Waals surface area (Å²) in [6.07, 6.45) is 0.273. The van der Waals surface area contributed by atoms with Crippen LogP contribution in [0.2, 0.25) is 0 Å². The summed E-state index contributed by atoms with van der Waals surface area (Å²) in [6, 6.07) is 6.86. The largest absolute Gasteiger partial charge is 0.416 e. The van der Waals surface area contributed by atoms with E-state index in [2.05, 4.69) is 15.2 Å². The highest BCUT2D eigenvalue weighted by molar-refractivity contribution is 7.94. The molecule has 1 fully saturated rings. The lowest BCUT2D eigenvalue weighted by Crippen LogP contribution is -2.14. The van der Waals surface area contributed by atoms with Crippen LogP contribution < -0.4 is 10.0 Å². The van der Waals surface area contributed by atoms with Crippen molar-refractivity contribution in [1.82, 2.24) is 5.16 Å². The molecular formula is C21H18F3N3O4S2. The van der Waals surface area contributed by atoms with Gasteiger partial charge in [-0.1, -0.05) is 11.2 Å². The highest BCUT2D eigenvalue weighted by Crippen LogP contribution is 2.33. The fourth-order valence-electron chi connectivity index (χ4n) is 2.91. The average molecular weight is 498 g/mol. The van der Waals surface area contributed by atoms with Gasteiger partial charge in [0.1, 0.15) is 15.6 Å². The summed E-state index contributed by atoms with van der Waals surface area (Å²) >= 11 is 0.921. The zero-order valence-electron chi connectivity index (χ0n) is 17.1. The Balaban J connectivity index is 1.49. The number of nitrogens with zero attached hydrogens (tertiary/aromatic N) is 1. The van der Waals surface area contributed by atoms with Gasteiger partial charge in [0, 0.05) is 16.5 Å². The number of carbonyl (C=O) groups excluding carboxylic acids is 1. The molecule has 2 aromatic heterocycles. The first-order valence-corrected chi connectivity index (χ1v) is 12.1. The van der Waals surface area contributed by atoms with Crippen molar-refractivity contribution in [3.8, 4) is 0 Å². The van der Waals surface area contributed by atoms with Crippen LogP contribution in [0.1, 0.15) is 34.7 Å². The lowest BCUT2D eigenvalue weighted by molar-refractivity contribution is -0.137. The maximum absolute atomic E-state index is 12.9. The van der Waals surface area contributed by atoms with Gasteiger partial charge in [-0.3, -0.25) is 9.52 Å². The number of halogens is 3. The molecule has 2 heterocycles. The third-order valence-corrected chi connectivity index (χ3v) is 7.72. The molecule has 7 nitrogen and oxygen atoms in total. The van der Waals surface area contributed by atoms with E-state index in [4.69, 9.17) is 4.52 Å². The van der Waals surface area contributed by atoms with E-state index in [1.807, 2.05) is 0 Å². The zero-order valence-corrected chi connectivity index (χ0v) is 18.8. The van der Waals surface area contributed by atoms with Gasteiger partial charge < -0.3 is 9.84 Å². The fraction of sp³-hybridized carbons (Fsp3) is 0.238. The lowest BCUT2D eigenvalue weighted by Gasteiger charge is -2.10. The molecule has 0 atom stereocenters. The van der Waals surface area contributed by atoms with Gasteiger partial charge in [-0.05, 0) is 62.2 Å². The minimum absolute atomic E-state index is 0.00511. The Morgan fingerprint density at radius 3 is 2.67 bits per heavy atom. The zero-order chi connectivity index (χ0) is 23.8. The van der Waals surface area contributed by atoms with Gasteiger partial charge in [-0.15, -0.1) is 11.3 Å². The minimum Gasteiger partial charge on any atom is -0.354 e. The summed E-state index contributed by atoms with van der Waals surface area (Å²) in [5, 5.41) is 6.65. The Hall–Kier alpha value is -3.12. The maximum atomic E-state index is 12.9. The van der Waals surface area contributed by atoms with E-state index in [1.165, 1.54) is 12.1 Å². The molecule has 1 aliphatic carbocycles. The quantitative estimate of drug-likeness (QED) is 0.456. The van der Waals surface area contributed by atoms with Crippen LogP contribution in [0.3, 0.4) is 0 Å². The minimum atomic E-state index is -4.58. The van der Waals surface area contributed by atoms with Gasteiger partial charge in [-0.25, -0.2) is 8.42 Å². The van der Waals surface area contributed by atoms with E-state index in [1.54, 1.807) is 25.1 Å². The van der Waals surface area contributed by atoms with Crippen molar-refractivity contribution in [1.29, 1.82) is 0 Å². The van der Waals surface area contributed by atoms with Gasteiger partial charge in [0.15, 0.2) is 5.76 Å². The highest BCUT2D eigenvalue weighted by Gasteiger charge is 2.31. The summed E-state index contributed by atoms with van der Waals surface area (Å²) in [6.45, 7) is 1.69. The molecule has 0 bridgehead atoms. The van der Waals surface area contributed by atoms with Crippen molar-refractivity contribution in [2.45, 2.75) is 30.2 Å². The number of alkyl halides is 3. The average Bonchev–Trinajstić information content (AvgIpc) is 3.39. The smallest absolute Gasteiger partial charge is 0.354 e. The number of aryl methyl sites for hydroxylation is 1. The molecule has 4 rings (SSSR count). The van der Waals surface area contributed by atoms with Crippen LogP contribution in [0.5, 0.6) is 0 Å². The molecule has 174 valence electrons. The standard InChI is InChI=1S/C21H18F3N3O4S2/c1-12-19(25-20(28)13-5-6-13)17(31-26-12)9-7-16-8-10-18(32-16)33(29,30)27-15-4-2-3-14(11-15)21(22,23)24/h2-4,7-11,13,27H,5-6H2,1H3,(H,25,28). The number of nitrogens with one attached hydrogen (secondary N) is 2. The van der Waals surface area contributed by atoms with Crippen LogP contribution in [0, 0.1) is 12.8 Å². The summed E-state index contributed by atoms with van der Waals surface area (Å²) in [7, 11) is -4.09. The summed E-state index contributed by atoms with van der Waals surface area (Å²) < 4.78 is 71.2. The summed E-state index contributed by atoms with van der Waals surface area (Å²) in [5.74, 6) is 0.230. The molecule has 1 saturated carbocycles. The van der Waals surface area contributed by atoms with Crippen LogP contribution in [0.15, 0.2) is 45.1 Å². The van der Waals surface area contributed by atoms with Crippen molar-refractivity contribution in [2.24, 2.45) is 5.92 Å². The Morgan fingerprint density at radius 1 is 1.21 bits per heavy atom. The highest BCUT2D eigenvalue weighted by atomic mass is 32.2. The number of amides is 1. The van der Waals surface area contributed by atoms with E-state index in [0.29, 0.717) is 22.0 Å². The van der Waals surface area contributed by atoms with Gasteiger partial charge in [0.05, 0.1) is 5.56 Å². The molecule has 3 aromatic rings. The Morgan fingerprint density at radius 2 is 1.97 bits per heavy atom. The third-order valence-electron chi connectivity index (χ3n) is 4.79. The Labute approximate surface area is 191 Å². The molecule has 0 aliphatic heterocycles. The van der Waals surface area contributed by atoms with Gasteiger partial charge in [0.2, 0.25) is 5.91 Å². The van der Waals surface area contributed by atoms with Gasteiger partial charge >= 0.3 is 6.18 Å². The number of rotatable bonds is 7. The lowest BCUT2D eigenvalue weighted by atomic mass is 10.2. The second-order valence-electron chi connectivity index (χ2n) is 7.44. The van der Waals surface area contributed by atoms with Gasteiger partial charge in [-0.2, -0.15) is 13.2 Å². The topological polar surface area (TPSA) is 101 Å². The van der Waals surface area contributed by atoms with Crippen molar-refractivity contribution in [2.75, 3.05) is 10.0 Å². The number of sulfonamides is 1. The molecule has 1 aromatic carbocycles. The molecule has 0 spiro atoms. The molecule has 12 heteroatoms. The number of carbonyl (C=O) groups is 1. The van der Waals surface area contributed by atoms with E-state index < -0.39 is 21.8 Å². The van der Waals surface area contributed by atoms with Crippen molar-refractivity contribution in [3.63, 3.8) is 0 Å². The van der Waals surface area contributed by atoms with Gasteiger partial charge in [0.25, 0.3) is 10.0 Å². The van der Waals surface area contributed by atoms with E-state index >= 15 is 0 Å². The SMILES string of the molecule is Cc1noc(C=Cc2ccc(S(=O)(=O)Nc3cccc(C(F)(F)F)c3)s2)c1NC(=O)C1CC1. The van der Waals surface area contributed by atoms with E-state index in [9.17, 15) is 26.4 Å². The van der Waals surface area contributed by atoms with Crippen LogP contribution in [-0.4, -0.2) is 19.5 Å². The predicted octanol–water partition coefficient (Wildman–Crippen LogP) is 5.38. The molecule has 0 radical (unpaired) electrons. The molecule has 33 heavy (non-hydrogen) atoms. The number of anilines is 2. The maximum Gasteiger partial charge on any atom is 0.416 e. The number of thiophene rings is 1.